The van der Waals surface area contributed by atoms with Gasteiger partial charge in [-0.05, 0) is 133 Å². The Kier molecular flexibility index (Phi) is 17.0. The maximum Gasteiger partial charge on any atom is 0.249 e. The van der Waals surface area contributed by atoms with Crippen molar-refractivity contribution in [3.63, 3.8) is 0 Å². The van der Waals surface area contributed by atoms with Crippen LogP contribution in [-0.4, -0.2) is 107 Å². The number of hydrogen-bond donors (Lipinski definition) is 3. The zero-order chi connectivity index (χ0) is 49.9. The monoisotopic (exact) mass is 1110 g/mol. The summed E-state index contributed by atoms with van der Waals surface area (Å²) in [5, 5.41) is 0. The fourth-order valence-corrected chi connectivity index (χ4v) is 12.4. The molecule has 3 unspecified atom stereocenters. The van der Waals surface area contributed by atoms with Crippen molar-refractivity contribution in [3.8, 4) is 17.2 Å². The number of carbonyl (C=O) groups is 3. The Balaban J connectivity index is 0.000000130. The van der Waals surface area contributed by atoms with Crippen molar-refractivity contribution >= 4 is 48.7 Å². The second-order valence-electron chi connectivity index (χ2n) is 21.2. The largest absolute Gasteiger partial charge is 0.713 e. The molecule has 6 saturated carbocycles. The van der Waals surface area contributed by atoms with Crippen LogP contribution < -0.4 is 31.4 Å². The average Bonchev–Trinajstić information content (AvgIpc) is 3.25. The average molecular weight is 1110 g/mol. The number of primary amides is 3. The molecule has 12 nitrogen and oxygen atoms in total. The molecule has 3 amide bonds. The molecule has 0 spiro atoms. The standard InChI is InChI=1S/3C18H23FN2O2.IS/c3*19-16-8-7-14(18(20)22)15-9-13(10-23-17(15)16)21(11-3-1-4-11)12-5-2-6-12;1-2/h3*7-8,11-13H,1-6,9-10H2,(H2,20,22);/q;;;-1. The van der Waals surface area contributed by atoms with Crippen molar-refractivity contribution in [2.45, 2.75) is 189 Å². The predicted octanol–water partition coefficient (Wildman–Crippen LogP) is 8.79. The number of nitrogens with two attached hydrogens (primary N) is 3. The quantitative estimate of drug-likeness (QED) is 0.118. The van der Waals surface area contributed by atoms with E-state index in [2.05, 4.69) is 24.5 Å². The molecule has 0 radical (unpaired) electrons. The summed E-state index contributed by atoms with van der Waals surface area (Å²) in [6, 6.07) is 12.7. The Hall–Kier alpha value is -3.78. The van der Waals surface area contributed by atoms with Gasteiger partial charge in [0, 0.05) is 87.8 Å². The van der Waals surface area contributed by atoms with Crippen LogP contribution in [0.3, 0.4) is 0 Å². The third-order valence-corrected chi connectivity index (χ3v) is 17.3. The van der Waals surface area contributed by atoms with Gasteiger partial charge in [0.2, 0.25) is 17.7 Å². The highest BCUT2D eigenvalue weighted by atomic mass is 127. The molecule has 0 aromatic heterocycles. The molecule has 9 aliphatic rings. The van der Waals surface area contributed by atoms with Crippen LogP contribution in [0.1, 0.15) is 163 Å². The maximum atomic E-state index is 14.0. The van der Waals surface area contributed by atoms with E-state index in [0.717, 1.165) is 0 Å². The zero-order valence-corrected chi connectivity index (χ0v) is 43.5. The van der Waals surface area contributed by atoms with Crippen LogP contribution in [0.2, 0.25) is 0 Å². The summed E-state index contributed by atoms with van der Waals surface area (Å²) in [4.78, 5) is 42.9. The van der Waals surface area contributed by atoms with Crippen LogP contribution in [0.4, 0.5) is 13.2 Å². The number of benzene rings is 3. The van der Waals surface area contributed by atoms with E-state index in [1.165, 1.54) is 152 Å². The van der Waals surface area contributed by atoms with Gasteiger partial charge in [0.25, 0.3) is 0 Å². The predicted molar refractivity (Wildman–Crippen MR) is 276 cm³/mol. The number of hydrogen-bond acceptors (Lipinski definition) is 10. The highest BCUT2D eigenvalue weighted by molar-refractivity contribution is 14.2. The van der Waals surface area contributed by atoms with Crippen LogP contribution in [0, 0.1) is 17.5 Å². The number of rotatable bonds is 12. The molecule has 3 aliphatic heterocycles. The summed E-state index contributed by atoms with van der Waals surface area (Å²) in [5.74, 6) is -2.07. The Morgan fingerprint density at radius 2 is 0.620 bits per heavy atom. The fraction of sp³-hybridized carbons (Fsp3) is 0.611. The molecular formula is C54H69F3IN6O6S-. The van der Waals surface area contributed by atoms with Gasteiger partial charge in [0.05, 0.1) is 0 Å². The molecule has 17 heteroatoms. The molecule has 3 heterocycles. The summed E-state index contributed by atoms with van der Waals surface area (Å²) in [6.07, 6.45) is 24.6. The van der Waals surface area contributed by atoms with E-state index in [0.29, 0.717) is 109 Å². The number of nitrogens with zero attached hydrogens (tertiary/aromatic N) is 3. The van der Waals surface area contributed by atoms with Gasteiger partial charge in [-0.3, -0.25) is 50.3 Å². The minimum atomic E-state index is -0.510. The van der Waals surface area contributed by atoms with Gasteiger partial charge in [0.1, 0.15) is 19.8 Å². The first-order valence-corrected chi connectivity index (χ1v) is 29.1. The van der Waals surface area contributed by atoms with Crippen LogP contribution in [0.25, 0.3) is 0 Å². The number of halogens is 4. The van der Waals surface area contributed by atoms with E-state index < -0.39 is 35.2 Å². The number of amides is 3. The fourth-order valence-electron chi connectivity index (χ4n) is 12.4. The number of ether oxygens (including phenoxy) is 3. The summed E-state index contributed by atoms with van der Waals surface area (Å²) in [7, 11) is 4.05. The van der Waals surface area contributed by atoms with Gasteiger partial charge in [-0.15, -0.1) is 0 Å². The normalized spacial score (nSPS) is 23.9. The second kappa shape index (κ2) is 23.2. The van der Waals surface area contributed by atoms with Crippen molar-refractivity contribution in [1.82, 2.24) is 14.7 Å². The van der Waals surface area contributed by atoms with Gasteiger partial charge < -0.3 is 41.2 Å². The van der Waals surface area contributed by atoms with E-state index in [9.17, 15) is 27.6 Å². The lowest BCUT2D eigenvalue weighted by Crippen LogP contribution is -2.57. The minimum Gasteiger partial charge on any atom is -0.713 e. The third kappa shape index (κ3) is 10.9. The molecule has 0 bridgehead atoms. The first-order chi connectivity index (χ1) is 34.4. The smallest absolute Gasteiger partial charge is 0.249 e. The Labute approximate surface area is 433 Å². The molecular weight excluding hydrogens is 1040 g/mol. The molecule has 3 aromatic carbocycles. The van der Waals surface area contributed by atoms with Crippen LogP contribution in [0.5, 0.6) is 17.2 Å². The maximum absolute atomic E-state index is 14.0. The number of fused-ring (bicyclic) bond motifs is 3. The van der Waals surface area contributed by atoms with Gasteiger partial charge in [-0.25, -0.2) is 13.2 Å². The van der Waals surface area contributed by atoms with Gasteiger partial charge in [-0.1, -0.05) is 38.5 Å². The van der Waals surface area contributed by atoms with E-state index in [1.807, 2.05) is 0 Å². The SMILES string of the molecule is NC(=O)c1ccc(F)c2c1CC(N(C1CCC1)C1CCC1)CO2.NC(=O)c1ccc(F)c2c1CC(N(C1CCC1)C1CCC1)CO2.NC(=O)c1ccc(F)c2c1CC(N(C1CCC1)C1CCC1)CO2.[S-]I. The third-order valence-electron chi connectivity index (χ3n) is 17.3. The summed E-state index contributed by atoms with van der Waals surface area (Å²) in [5.41, 5.74) is 19.6. The highest BCUT2D eigenvalue weighted by Crippen LogP contribution is 2.43. The molecule has 3 aromatic rings. The van der Waals surface area contributed by atoms with Crippen molar-refractivity contribution in [2.75, 3.05) is 19.8 Å². The van der Waals surface area contributed by atoms with Gasteiger partial charge >= 0.3 is 0 Å². The summed E-state index contributed by atoms with van der Waals surface area (Å²) < 4.78 is 59.3. The lowest BCUT2D eigenvalue weighted by atomic mass is 9.82. The number of carbonyl (C=O) groups excluding carboxylic acids is 3. The molecule has 6 N–H and O–H groups in total. The van der Waals surface area contributed by atoms with Crippen molar-refractivity contribution in [3.05, 3.63) is 87.2 Å². The molecule has 12 rings (SSSR count). The molecule has 386 valence electrons. The van der Waals surface area contributed by atoms with Crippen LogP contribution >= 0.6 is 21.2 Å². The van der Waals surface area contributed by atoms with E-state index in [1.54, 1.807) is 21.2 Å². The summed E-state index contributed by atoms with van der Waals surface area (Å²) in [6.45, 7) is 1.50. The van der Waals surface area contributed by atoms with E-state index in [4.69, 9.17) is 31.4 Å². The zero-order valence-electron chi connectivity index (χ0n) is 40.6. The lowest BCUT2D eigenvalue weighted by Gasteiger charge is -2.51. The van der Waals surface area contributed by atoms with Crippen molar-refractivity contribution in [1.29, 1.82) is 0 Å². The molecule has 71 heavy (non-hydrogen) atoms. The summed E-state index contributed by atoms with van der Waals surface area (Å²) >= 11 is 1.73. The van der Waals surface area contributed by atoms with Crippen LogP contribution in [0.15, 0.2) is 36.4 Å². The van der Waals surface area contributed by atoms with Gasteiger partial charge in [-0.2, -0.15) is 0 Å². The minimum absolute atomic E-state index is 0.220. The topological polar surface area (TPSA) is 167 Å². The lowest BCUT2D eigenvalue weighted by molar-refractivity contribution is -0.0194. The molecule has 6 aliphatic carbocycles. The van der Waals surface area contributed by atoms with Gasteiger partial charge in [0.15, 0.2) is 34.7 Å². The Morgan fingerprint density at radius 3 is 0.789 bits per heavy atom. The molecule has 0 saturated heterocycles. The first kappa shape index (κ1) is 52.1. The van der Waals surface area contributed by atoms with E-state index >= 15 is 0 Å². The molecule has 3 atom stereocenters. The Morgan fingerprint density at radius 1 is 0.408 bits per heavy atom. The molecule has 6 fully saturated rings. The van der Waals surface area contributed by atoms with Crippen molar-refractivity contribution in [2.24, 2.45) is 17.2 Å². The Bertz CT molecular complexity index is 2110. The first-order valence-electron chi connectivity index (χ1n) is 26.1. The van der Waals surface area contributed by atoms with E-state index in [-0.39, 0.29) is 35.4 Å². The van der Waals surface area contributed by atoms with Crippen LogP contribution in [-0.2, 0) is 29.1 Å². The van der Waals surface area contributed by atoms with Crippen molar-refractivity contribution < 1.29 is 41.8 Å². The second-order valence-corrected chi connectivity index (χ2v) is 21.2. The highest BCUT2D eigenvalue weighted by Gasteiger charge is 2.44.